The molecule has 0 aliphatic carbocycles. The van der Waals surface area contributed by atoms with Gasteiger partial charge in [0.05, 0.1) is 24.5 Å². The number of amides is 1. The molecule has 178 valence electrons. The number of fused-ring (bicyclic) bond motifs is 1. The quantitative estimate of drug-likeness (QED) is 0.212. The van der Waals surface area contributed by atoms with E-state index in [0.717, 1.165) is 52.7 Å². The second-order valence-corrected chi connectivity index (χ2v) is 8.34. The van der Waals surface area contributed by atoms with E-state index in [2.05, 4.69) is 32.1 Å². The number of ether oxygens (including phenoxy) is 1. The van der Waals surface area contributed by atoms with Crippen molar-refractivity contribution >= 4 is 34.1 Å². The minimum absolute atomic E-state index is 0.421. The highest BCUT2D eigenvalue weighted by Crippen LogP contribution is 2.29. The zero-order chi connectivity index (χ0) is 23.8. The Balaban J connectivity index is 1.13. The number of aromatic nitrogens is 3. The third kappa shape index (κ3) is 6.34. The molecular formula is C24H27ClN6O3. The number of anilines is 1. The number of nitrogens with two attached hydrogens (primary N) is 1. The lowest BCUT2D eigenvalue weighted by Gasteiger charge is -2.10. The van der Waals surface area contributed by atoms with Crippen molar-refractivity contribution in [3.8, 4) is 11.1 Å². The van der Waals surface area contributed by atoms with Gasteiger partial charge in [-0.15, -0.1) is 0 Å². The van der Waals surface area contributed by atoms with Crippen molar-refractivity contribution in [1.29, 1.82) is 0 Å². The van der Waals surface area contributed by atoms with Crippen LogP contribution >= 0.6 is 11.6 Å². The molecule has 0 atom stereocenters. The molecule has 1 amide bonds. The highest BCUT2D eigenvalue weighted by Gasteiger charge is 2.09. The van der Waals surface area contributed by atoms with Gasteiger partial charge in [-0.1, -0.05) is 16.8 Å². The Morgan fingerprint density at radius 3 is 2.82 bits per heavy atom. The molecule has 0 bridgehead atoms. The summed E-state index contributed by atoms with van der Waals surface area (Å²) in [5.74, 6) is -0.479. The summed E-state index contributed by atoms with van der Waals surface area (Å²) in [5, 5.41) is 19.2. The van der Waals surface area contributed by atoms with Gasteiger partial charge >= 0.3 is 0 Å². The van der Waals surface area contributed by atoms with Crippen molar-refractivity contribution in [3.05, 3.63) is 65.1 Å². The summed E-state index contributed by atoms with van der Waals surface area (Å²) in [7, 11) is 0. The number of rotatable bonds is 13. The van der Waals surface area contributed by atoms with Gasteiger partial charge < -0.3 is 25.6 Å². The van der Waals surface area contributed by atoms with Crippen LogP contribution in [0.2, 0.25) is 5.02 Å². The molecule has 4 aromatic rings. The van der Waals surface area contributed by atoms with Crippen molar-refractivity contribution in [2.24, 2.45) is 5.73 Å². The number of halogens is 1. The number of hydrogen-bond donors (Lipinski definition) is 4. The minimum atomic E-state index is -0.479. The van der Waals surface area contributed by atoms with E-state index < -0.39 is 5.91 Å². The molecule has 5 N–H and O–H groups in total. The lowest BCUT2D eigenvalue weighted by Crippen LogP contribution is -2.17. The molecule has 0 spiro atoms. The Kier molecular flexibility index (Phi) is 8.13. The van der Waals surface area contributed by atoms with Crippen LogP contribution < -0.4 is 16.4 Å². The summed E-state index contributed by atoms with van der Waals surface area (Å²) in [4.78, 5) is 11.3. The number of nitrogens with one attached hydrogen (secondary N) is 3. The molecule has 0 aliphatic rings. The SMILES string of the molecule is NC(=O)c1cc(Cl)cc(CNCCCCOCCNc2cc(-c3cnoc3)cc3[nH]ncc23)c1. The lowest BCUT2D eigenvalue weighted by atomic mass is 10.1. The summed E-state index contributed by atoms with van der Waals surface area (Å²) < 4.78 is 10.7. The molecule has 2 aromatic carbocycles. The predicted octanol–water partition coefficient (Wildman–Crippen LogP) is 3.97. The molecular weight excluding hydrogens is 456 g/mol. The number of H-pyrrole nitrogens is 1. The van der Waals surface area contributed by atoms with Gasteiger partial charge in [-0.3, -0.25) is 9.89 Å². The third-order valence-corrected chi connectivity index (χ3v) is 5.57. The zero-order valence-electron chi connectivity index (χ0n) is 18.6. The van der Waals surface area contributed by atoms with Crippen LogP contribution in [0.25, 0.3) is 22.0 Å². The van der Waals surface area contributed by atoms with Gasteiger partial charge in [0.2, 0.25) is 5.91 Å². The van der Waals surface area contributed by atoms with Crippen molar-refractivity contribution in [2.45, 2.75) is 19.4 Å². The van der Waals surface area contributed by atoms with Crippen molar-refractivity contribution in [1.82, 2.24) is 20.7 Å². The maximum atomic E-state index is 11.3. The maximum absolute atomic E-state index is 11.3. The summed E-state index contributed by atoms with van der Waals surface area (Å²) in [5.41, 5.74) is 10.5. The van der Waals surface area contributed by atoms with Crippen LogP contribution in [-0.4, -0.2) is 47.6 Å². The van der Waals surface area contributed by atoms with E-state index in [9.17, 15) is 4.79 Å². The third-order valence-electron chi connectivity index (χ3n) is 5.35. The Morgan fingerprint density at radius 1 is 1.09 bits per heavy atom. The van der Waals surface area contributed by atoms with Crippen LogP contribution in [0, 0.1) is 0 Å². The normalized spacial score (nSPS) is 11.2. The Hall–Kier alpha value is -3.40. The summed E-state index contributed by atoms with van der Waals surface area (Å²) in [6.07, 6.45) is 7.04. The number of aromatic amines is 1. The molecule has 10 heteroatoms. The standard InChI is InChI=1S/C24H27ClN6O3/c25-20-8-16(7-18(9-20)24(26)32)12-27-3-1-2-5-33-6-4-28-22-10-17(19-13-30-34-15-19)11-23-21(22)14-29-31-23/h7-11,13-15,27-28H,1-6,12H2,(H2,26,32)(H,29,31). The Bertz CT molecular complexity index is 1220. The first-order chi connectivity index (χ1) is 16.6. The first-order valence-corrected chi connectivity index (χ1v) is 11.5. The summed E-state index contributed by atoms with van der Waals surface area (Å²) >= 11 is 6.04. The van der Waals surface area contributed by atoms with Crippen molar-refractivity contribution in [3.63, 3.8) is 0 Å². The van der Waals surface area contributed by atoms with Crippen LogP contribution in [0.1, 0.15) is 28.8 Å². The molecule has 0 saturated heterocycles. The fourth-order valence-corrected chi connectivity index (χ4v) is 3.91. The second kappa shape index (κ2) is 11.6. The molecule has 2 aromatic heterocycles. The van der Waals surface area contributed by atoms with Gasteiger partial charge in [-0.2, -0.15) is 5.10 Å². The van der Waals surface area contributed by atoms with E-state index in [1.807, 2.05) is 12.1 Å². The van der Waals surface area contributed by atoms with Crippen molar-refractivity contribution in [2.75, 3.05) is 31.6 Å². The zero-order valence-corrected chi connectivity index (χ0v) is 19.4. The molecule has 4 rings (SSSR count). The van der Waals surface area contributed by atoms with Gasteiger partial charge in [-0.25, -0.2) is 0 Å². The van der Waals surface area contributed by atoms with Crippen LogP contribution in [0.5, 0.6) is 0 Å². The van der Waals surface area contributed by atoms with E-state index in [1.165, 1.54) is 0 Å². The number of carbonyl (C=O) groups excluding carboxylic acids is 1. The monoisotopic (exact) mass is 482 g/mol. The van der Waals surface area contributed by atoms with E-state index >= 15 is 0 Å². The average Bonchev–Trinajstić information content (AvgIpc) is 3.52. The van der Waals surface area contributed by atoms with Gasteiger partial charge in [0.15, 0.2) is 0 Å². The van der Waals surface area contributed by atoms with E-state index in [1.54, 1.807) is 30.8 Å². The summed E-state index contributed by atoms with van der Waals surface area (Å²) in [6.45, 7) is 3.44. The molecule has 2 heterocycles. The van der Waals surface area contributed by atoms with E-state index in [0.29, 0.717) is 36.9 Å². The average molecular weight is 483 g/mol. The smallest absolute Gasteiger partial charge is 0.248 e. The van der Waals surface area contributed by atoms with Gasteiger partial charge in [-0.05, 0) is 60.8 Å². The molecule has 34 heavy (non-hydrogen) atoms. The molecule has 0 unspecified atom stereocenters. The highest BCUT2D eigenvalue weighted by molar-refractivity contribution is 6.31. The summed E-state index contributed by atoms with van der Waals surface area (Å²) in [6, 6.07) is 9.24. The highest BCUT2D eigenvalue weighted by atomic mass is 35.5. The fourth-order valence-electron chi connectivity index (χ4n) is 3.65. The fraction of sp³-hybridized carbons (Fsp3) is 0.292. The number of unbranched alkanes of at least 4 members (excludes halogenated alkanes) is 1. The molecule has 0 fully saturated rings. The van der Waals surface area contributed by atoms with Crippen LogP contribution in [-0.2, 0) is 11.3 Å². The molecule has 0 aliphatic heterocycles. The Morgan fingerprint density at radius 2 is 2.00 bits per heavy atom. The van der Waals surface area contributed by atoms with Crippen LogP contribution in [0.15, 0.2) is 53.5 Å². The number of benzene rings is 2. The van der Waals surface area contributed by atoms with Gasteiger partial charge in [0.1, 0.15) is 6.26 Å². The van der Waals surface area contributed by atoms with E-state index in [-0.39, 0.29) is 0 Å². The number of nitrogens with zero attached hydrogens (tertiary/aromatic N) is 2. The first-order valence-electron chi connectivity index (χ1n) is 11.1. The largest absolute Gasteiger partial charge is 0.382 e. The molecule has 9 nitrogen and oxygen atoms in total. The first kappa shape index (κ1) is 23.7. The van der Waals surface area contributed by atoms with Crippen LogP contribution in [0.4, 0.5) is 5.69 Å². The number of hydrogen-bond acceptors (Lipinski definition) is 7. The second-order valence-electron chi connectivity index (χ2n) is 7.90. The Labute approximate surface area is 202 Å². The molecule has 0 radical (unpaired) electrons. The number of primary amides is 1. The van der Waals surface area contributed by atoms with Crippen molar-refractivity contribution < 1.29 is 14.1 Å². The van der Waals surface area contributed by atoms with Crippen LogP contribution in [0.3, 0.4) is 0 Å². The molecule has 0 saturated carbocycles. The van der Waals surface area contributed by atoms with E-state index in [4.69, 9.17) is 26.6 Å². The lowest BCUT2D eigenvalue weighted by molar-refractivity contribution is 0.1000. The van der Waals surface area contributed by atoms with Gasteiger partial charge in [0, 0.05) is 46.9 Å². The number of carbonyl (C=O) groups is 1. The predicted molar refractivity (Wildman–Crippen MR) is 132 cm³/mol. The minimum Gasteiger partial charge on any atom is -0.382 e. The topological polar surface area (TPSA) is 131 Å². The van der Waals surface area contributed by atoms with Gasteiger partial charge in [0.25, 0.3) is 0 Å². The maximum Gasteiger partial charge on any atom is 0.248 e.